The summed E-state index contributed by atoms with van der Waals surface area (Å²) in [6.45, 7) is 6.91. The van der Waals surface area contributed by atoms with Gasteiger partial charge >= 0.3 is 0 Å². The third-order valence-corrected chi connectivity index (χ3v) is 1.90. The molecule has 1 N–H and O–H groups in total. The van der Waals surface area contributed by atoms with E-state index in [4.69, 9.17) is 4.74 Å². The van der Waals surface area contributed by atoms with Crippen LogP contribution in [-0.2, 0) is 9.53 Å². The van der Waals surface area contributed by atoms with Crippen molar-refractivity contribution in [3.63, 3.8) is 0 Å². The van der Waals surface area contributed by atoms with Gasteiger partial charge in [0.2, 0.25) is 11.8 Å². The molecule has 0 aromatic rings. The average molecular weight is 184 g/mol. The normalized spacial score (nSPS) is 18.0. The van der Waals surface area contributed by atoms with Crippen LogP contribution in [0.1, 0.15) is 20.8 Å². The first-order valence-corrected chi connectivity index (χ1v) is 4.55. The van der Waals surface area contributed by atoms with Crippen LogP contribution in [0.2, 0.25) is 0 Å². The van der Waals surface area contributed by atoms with Crippen molar-refractivity contribution in [3.05, 3.63) is 0 Å². The summed E-state index contributed by atoms with van der Waals surface area (Å²) in [6, 6.07) is -0.0694. The maximum absolute atomic E-state index is 10.9. The number of aliphatic imine (C=N–C) groups is 1. The van der Waals surface area contributed by atoms with E-state index in [0.717, 1.165) is 0 Å². The van der Waals surface area contributed by atoms with E-state index in [1.165, 1.54) is 6.92 Å². The molecule has 0 aliphatic carbocycles. The van der Waals surface area contributed by atoms with Gasteiger partial charge in [0.05, 0.1) is 6.54 Å². The number of carbonyl (C=O) groups is 1. The van der Waals surface area contributed by atoms with Crippen molar-refractivity contribution in [2.24, 2.45) is 10.9 Å². The Bertz CT molecular complexity index is 224. The number of nitrogens with zero attached hydrogens (tertiary/aromatic N) is 1. The molecule has 1 rings (SSSR count). The molecule has 0 fully saturated rings. The minimum Gasteiger partial charge on any atom is -0.478 e. The molecule has 13 heavy (non-hydrogen) atoms. The molecule has 0 saturated heterocycles. The lowest BCUT2D eigenvalue weighted by Crippen LogP contribution is -2.43. The van der Waals surface area contributed by atoms with Crippen LogP contribution in [0.3, 0.4) is 0 Å². The molecule has 1 aliphatic rings. The molecule has 1 amide bonds. The Labute approximate surface area is 78.4 Å². The lowest BCUT2D eigenvalue weighted by Gasteiger charge is -2.20. The van der Waals surface area contributed by atoms with E-state index in [-0.39, 0.29) is 11.9 Å². The zero-order valence-corrected chi connectivity index (χ0v) is 8.33. The summed E-state index contributed by atoms with van der Waals surface area (Å²) in [4.78, 5) is 15.1. The van der Waals surface area contributed by atoms with Gasteiger partial charge in [-0.3, -0.25) is 9.79 Å². The predicted molar refractivity (Wildman–Crippen MR) is 50.7 cm³/mol. The van der Waals surface area contributed by atoms with E-state index in [1.807, 2.05) is 13.8 Å². The Morgan fingerprint density at radius 3 is 2.69 bits per heavy atom. The second kappa shape index (κ2) is 4.25. The number of rotatable bonds is 3. The monoisotopic (exact) mass is 184 g/mol. The van der Waals surface area contributed by atoms with Crippen LogP contribution in [0.5, 0.6) is 0 Å². The van der Waals surface area contributed by atoms with Crippen molar-refractivity contribution < 1.29 is 9.53 Å². The zero-order valence-electron chi connectivity index (χ0n) is 8.33. The van der Waals surface area contributed by atoms with Crippen LogP contribution < -0.4 is 5.32 Å². The molecule has 4 nitrogen and oxygen atoms in total. The number of carbonyl (C=O) groups excluding carboxylic acids is 1. The summed E-state index contributed by atoms with van der Waals surface area (Å²) in [5, 5.41) is 2.83. The van der Waals surface area contributed by atoms with Crippen molar-refractivity contribution in [2.75, 3.05) is 13.2 Å². The van der Waals surface area contributed by atoms with Crippen LogP contribution in [0.4, 0.5) is 0 Å². The first-order valence-electron chi connectivity index (χ1n) is 4.55. The van der Waals surface area contributed by atoms with E-state index in [1.54, 1.807) is 0 Å². The minimum atomic E-state index is -0.0694. The largest absolute Gasteiger partial charge is 0.478 e. The van der Waals surface area contributed by atoms with Crippen molar-refractivity contribution in [3.8, 4) is 0 Å². The highest BCUT2D eigenvalue weighted by Crippen LogP contribution is 2.08. The second-order valence-corrected chi connectivity index (χ2v) is 3.49. The lowest BCUT2D eigenvalue weighted by atomic mass is 10.0. The Hall–Kier alpha value is -1.06. The second-order valence-electron chi connectivity index (χ2n) is 3.49. The Morgan fingerprint density at radius 2 is 2.31 bits per heavy atom. The summed E-state index contributed by atoms with van der Waals surface area (Å²) >= 11 is 0. The van der Waals surface area contributed by atoms with Gasteiger partial charge < -0.3 is 10.1 Å². The zero-order chi connectivity index (χ0) is 9.84. The minimum absolute atomic E-state index is 0.0445. The molecule has 0 spiro atoms. The Kier molecular flexibility index (Phi) is 3.28. The van der Waals surface area contributed by atoms with Gasteiger partial charge in [0.25, 0.3) is 0 Å². The highest BCUT2D eigenvalue weighted by atomic mass is 16.5. The van der Waals surface area contributed by atoms with Gasteiger partial charge in [-0.15, -0.1) is 0 Å². The SMILES string of the molecule is CC(=O)N[C@H](C1=NCCO1)C(C)C. The molecular weight excluding hydrogens is 168 g/mol. The van der Waals surface area contributed by atoms with Gasteiger partial charge in [-0.05, 0) is 5.92 Å². The van der Waals surface area contributed by atoms with Gasteiger partial charge in [-0.1, -0.05) is 13.8 Å². The molecule has 0 aromatic heterocycles. The van der Waals surface area contributed by atoms with Gasteiger partial charge in [0.15, 0.2) is 0 Å². The third kappa shape index (κ3) is 2.72. The maximum Gasteiger partial charge on any atom is 0.217 e. The van der Waals surface area contributed by atoms with Crippen molar-refractivity contribution >= 4 is 11.8 Å². The van der Waals surface area contributed by atoms with Gasteiger partial charge in [-0.25, -0.2) is 0 Å². The maximum atomic E-state index is 10.9. The van der Waals surface area contributed by atoms with Gasteiger partial charge in [0, 0.05) is 6.92 Å². The van der Waals surface area contributed by atoms with Crippen molar-refractivity contribution in [1.82, 2.24) is 5.32 Å². The molecule has 0 aromatic carbocycles. The van der Waals surface area contributed by atoms with Gasteiger partial charge in [0.1, 0.15) is 12.6 Å². The predicted octanol–water partition coefficient (Wildman–Crippen LogP) is 0.576. The van der Waals surface area contributed by atoms with Crippen LogP contribution in [0.15, 0.2) is 4.99 Å². The number of amides is 1. The van der Waals surface area contributed by atoms with E-state index in [0.29, 0.717) is 25.0 Å². The van der Waals surface area contributed by atoms with Crippen molar-refractivity contribution in [2.45, 2.75) is 26.8 Å². The fraction of sp³-hybridized carbons (Fsp3) is 0.778. The molecular formula is C9H16N2O2. The lowest BCUT2D eigenvalue weighted by molar-refractivity contribution is -0.119. The third-order valence-electron chi connectivity index (χ3n) is 1.90. The summed E-state index contributed by atoms with van der Waals surface area (Å²) in [5.41, 5.74) is 0. The fourth-order valence-electron chi connectivity index (χ4n) is 1.27. The van der Waals surface area contributed by atoms with Gasteiger partial charge in [-0.2, -0.15) is 0 Å². The first-order chi connectivity index (χ1) is 6.11. The summed E-state index contributed by atoms with van der Waals surface area (Å²) in [5.74, 6) is 0.933. The molecule has 0 bridgehead atoms. The molecule has 0 unspecified atom stereocenters. The van der Waals surface area contributed by atoms with E-state index >= 15 is 0 Å². The Balaban J connectivity index is 2.61. The number of nitrogens with one attached hydrogen (secondary N) is 1. The number of hydrogen-bond acceptors (Lipinski definition) is 3. The summed E-state index contributed by atoms with van der Waals surface area (Å²) < 4.78 is 5.31. The first kappa shape index (κ1) is 10.0. The smallest absolute Gasteiger partial charge is 0.217 e. The molecule has 1 aliphatic heterocycles. The molecule has 1 atom stereocenters. The number of ether oxygens (including phenoxy) is 1. The topological polar surface area (TPSA) is 50.7 Å². The molecule has 74 valence electrons. The average Bonchev–Trinajstić information content (AvgIpc) is 2.50. The van der Waals surface area contributed by atoms with Crippen LogP contribution in [-0.4, -0.2) is 31.0 Å². The summed E-state index contributed by atoms with van der Waals surface area (Å²) in [7, 11) is 0. The van der Waals surface area contributed by atoms with Crippen LogP contribution >= 0.6 is 0 Å². The van der Waals surface area contributed by atoms with Crippen molar-refractivity contribution in [1.29, 1.82) is 0 Å². The number of hydrogen-bond donors (Lipinski definition) is 1. The summed E-state index contributed by atoms with van der Waals surface area (Å²) in [6.07, 6.45) is 0. The molecule has 1 heterocycles. The molecule has 4 heteroatoms. The van der Waals surface area contributed by atoms with Crippen LogP contribution in [0.25, 0.3) is 0 Å². The fourth-order valence-corrected chi connectivity index (χ4v) is 1.27. The van der Waals surface area contributed by atoms with Crippen LogP contribution in [0, 0.1) is 5.92 Å². The Morgan fingerprint density at radius 1 is 1.62 bits per heavy atom. The van der Waals surface area contributed by atoms with E-state index in [2.05, 4.69) is 10.3 Å². The van der Waals surface area contributed by atoms with E-state index in [9.17, 15) is 4.79 Å². The van der Waals surface area contributed by atoms with E-state index < -0.39 is 0 Å². The standard InChI is InChI=1S/C9H16N2O2/c1-6(2)8(11-7(3)12)9-10-4-5-13-9/h6,8H,4-5H2,1-3H3,(H,11,12)/t8-/m0/s1. The molecule has 0 saturated carbocycles. The molecule has 0 radical (unpaired) electrons. The highest BCUT2D eigenvalue weighted by Gasteiger charge is 2.24. The quantitative estimate of drug-likeness (QED) is 0.697. The highest BCUT2D eigenvalue weighted by molar-refractivity contribution is 5.87.